The molecular formula is C10H17O8. The molecule has 7 atom stereocenters. The molecule has 2 heterocycles. The molecule has 1 radical (unpaired) electrons. The Morgan fingerprint density at radius 1 is 1.17 bits per heavy atom. The maximum atomic E-state index is 9.66. The number of rotatable bonds is 3. The summed E-state index contributed by atoms with van der Waals surface area (Å²) in [6.45, 7) is 0.554. The van der Waals surface area contributed by atoms with Gasteiger partial charge in [-0.05, 0) is 0 Å². The zero-order valence-electron chi connectivity index (χ0n) is 9.49. The Hall–Kier alpha value is -0.320. The van der Waals surface area contributed by atoms with E-state index < -0.39 is 42.9 Å². The van der Waals surface area contributed by atoms with Crippen LogP contribution in [-0.4, -0.2) is 81.7 Å². The van der Waals surface area contributed by atoms with Gasteiger partial charge in [-0.2, -0.15) is 0 Å². The smallest absolute Gasteiger partial charge is 0.186 e. The van der Waals surface area contributed by atoms with Crippen molar-refractivity contribution in [3.8, 4) is 0 Å². The minimum absolute atomic E-state index is 0.194. The molecule has 0 amide bonds. The molecule has 0 aromatic heterocycles. The Morgan fingerprint density at radius 2 is 1.89 bits per heavy atom. The van der Waals surface area contributed by atoms with Crippen molar-refractivity contribution in [2.24, 2.45) is 0 Å². The third kappa shape index (κ3) is 2.65. The fourth-order valence-electron chi connectivity index (χ4n) is 1.93. The summed E-state index contributed by atoms with van der Waals surface area (Å²) < 4.78 is 15.3. The van der Waals surface area contributed by atoms with E-state index in [0.717, 1.165) is 6.61 Å². The zero-order chi connectivity index (χ0) is 13.3. The van der Waals surface area contributed by atoms with Gasteiger partial charge in [-0.15, -0.1) is 0 Å². The molecule has 8 nitrogen and oxygen atoms in total. The number of ether oxygens (including phenoxy) is 3. The maximum absolute atomic E-state index is 9.66. The van der Waals surface area contributed by atoms with Crippen LogP contribution in [0.15, 0.2) is 0 Å². The molecule has 2 rings (SSSR count). The molecule has 0 aromatic carbocycles. The third-order valence-electron chi connectivity index (χ3n) is 3.02. The van der Waals surface area contributed by atoms with Crippen molar-refractivity contribution in [3.63, 3.8) is 0 Å². The molecular weight excluding hydrogens is 248 g/mol. The lowest BCUT2D eigenvalue weighted by atomic mass is 10.1. The highest BCUT2D eigenvalue weighted by Crippen LogP contribution is 2.25. The summed E-state index contributed by atoms with van der Waals surface area (Å²) in [4.78, 5) is 0. The quantitative estimate of drug-likeness (QED) is 0.359. The van der Waals surface area contributed by atoms with E-state index in [1.165, 1.54) is 0 Å². The summed E-state index contributed by atoms with van der Waals surface area (Å²) in [5.41, 5.74) is 0. The third-order valence-corrected chi connectivity index (χ3v) is 3.02. The standard InChI is InChI=1S/C10H17O8/c11-1-6-9(5(13)3-16-6)18-10-8(15)7(14)4(12)2-17-10/h3-15H,1-2H2/t4-,5-,6-,7-,8+,9+,10+/m0/s1. The molecule has 2 aliphatic rings. The second kappa shape index (κ2) is 5.76. The van der Waals surface area contributed by atoms with Gasteiger partial charge in [0.1, 0.15) is 43.2 Å². The number of hydrogen-bond donors (Lipinski definition) is 5. The van der Waals surface area contributed by atoms with E-state index in [9.17, 15) is 20.4 Å². The Morgan fingerprint density at radius 3 is 2.56 bits per heavy atom. The van der Waals surface area contributed by atoms with Gasteiger partial charge in [0.2, 0.25) is 0 Å². The van der Waals surface area contributed by atoms with Gasteiger partial charge in [0.25, 0.3) is 0 Å². The number of aliphatic hydroxyl groups excluding tert-OH is 5. The highest BCUT2D eigenvalue weighted by molar-refractivity contribution is 4.93. The van der Waals surface area contributed by atoms with Crippen LogP contribution >= 0.6 is 0 Å². The molecule has 105 valence electrons. The van der Waals surface area contributed by atoms with E-state index in [1.807, 2.05) is 0 Å². The van der Waals surface area contributed by atoms with Crippen molar-refractivity contribution in [3.05, 3.63) is 6.61 Å². The molecule has 0 spiro atoms. The predicted octanol–water partition coefficient (Wildman–Crippen LogP) is -3.28. The normalized spacial score (nSPS) is 49.5. The van der Waals surface area contributed by atoms with E-state index in [-0.39, 0.29) is 13.2 Å². The Kier molecular flexibility index (Phi) is 4.51. The van der Waals surface area contributed by atoms with Crippen LogP contribution < -0.4 is 0 Å². The second-order valence-electron chi connectivity index (χ2n) is 4.33. The van der Waals surface area contributed by atoms with E-state index in [4.69, 9.17) is 19.3 Å². The largest absolute Gasteiger partial charge is 0.394 e. The zero-order valence-corrected chi connectivity index (χ0v) is 9.49. The van der Waals surface area contributed by atoms with Gasteiger partial charge in [-0.3, -0.25) is 0 Å². The van der Waals surface area contributed by atoms with Gasteiger partial charge < -0.3 is 39.7 Å². The van der Waals surface area contributed by atoms with Gasteiger partial charge in [-0.1, -0.05) is 0 Å². The summed E-state index contributed by atoms with van der Waals surface area (Å²) in [5, 5.41) is 47.0. The minimum Gasteiger partial charge on any atom is -0.394 e. The monoisotopic (exact) mass is 265 g/mol. The lowest BCUT2D eigenvalue weighted by molar-refractivity contribution is -0.291. The summed E-state index contributed by atoms with van der Waals surface area (Å²) in [7, 11) is 0. The maximum Gasteiger partial charge on any atom is 0.186 e. The summed E-state index contributed by atoms with van der Waals surface area (Å²) in [5.74, 6) is 0. The molecule has 2 aliphatic heterocycles. The van der Waals surface area contributed by atoms with Crippen molar-refractivity contribution >= 4 is 0 Å². The molecule has 18 heavy (non-hydrogen) atoms. The molecule has 0 aromatic rings. The predicted molar refractivity (Wildman–Crippen MR) is 54.9 cm³/mol. The fourth-order valence-corrected chi connectivity index (χ4v) is 1.93. The molecule has 0 bridgehead atoms. The summed E-state index contributed by atoms with van der Waals surface area (Å²) >= 11 is 0. The molecule has 0 aliphatic carbocycles. The Balaban J connectivity index is 1.96. The lowest BCUT2D eigenvalue weighted by Crippen LogP contribution is -2.55. The number of aliphatic hydroxyl groups is 5. The highest BCUT2D eigenvalue weighted by atomic mass is 16.7. The van der Waals surface area contributed by atoms with Gasteiger partial charge in [0, 0.05) is 0 Å². The van der Waals surface area contributed by atoms with Gasteiger partial charge >= 0.3 is 0 Å². The molecule has 2 saturated heterocycles. The van der Waals surface area contributed by atoms with Gasteiger partial charge in [0.05, 0.1) is 13.2 Å². The van der Waals surface area contributed by atoms with E-state index in [2.05, 4.69) is 0 Å². The fraction of sp³-hybridized carbons (Fsp3) is 0.900. The van der Waals surface area contributed by atoms with Crippen LogP contribution in [0.3, 0.4) is 0 Å². The first kappa shape index (κ1) is 14.1. The second-order valence-corrected chi connectivity index (χ2v) is 4.33. The first-order valence-corrected chi connectivity index (χ1v) is 5.63. The van der Waals surface area contributed by atoms with E-state index in [0.29, 0.717) is 0 Å². The molecule has 2 fully saturated rings. The van der Waals surface area contributed by atoms with Crippen molar-refractivity contribution in [2.75, 3.05) is 13.2 Å². The van der Waals surface area contributed by atoms with Gasteiger partial charge in [0.15, 0.2) is 6.29 Å². The van der Waals surface area contributed by atoms with Crippen molar-refractivity contribution in [1.82, 2.24) is 0 Å². The Labute approximate surface area is 103 Å². The molecule has 5 N–H and O–H groups in total. The first-order chi connectivity index (χ1) is 8.54. The van der Waals surface area contributed by atoms with Crippen LogP contribution in [0.4, 0.5) is 0 Å². The number of hydrogen-bond acceptors (Lipinski definition) is 8. The topological polar surface area (TPSA) is 129 Å². The van der Waals surface area contributed by atoms with Crippen molar-refractivity contribution in [1.29, 1.82) is 0 Å². The lowest BCUT2D eigenvalue weighted by Gasteiger charge is -2.37. The van der Waals surface area contributed by atoms with Crippen LogP contribution in [0.5, 0.6) is 0 Å². The van der Waals surface area contributed by atoms with Crippen LogP contribution in [0.1, 0.15) is 0 Å². The van der Waals surface area contributed by atoms with Gasteiger partial charge in [-0.25, -0.2) is 0 Å². The highest BCUT2D eigenvalue weighted by Gasteiger charge is 2.44. The van der Waals surface area contributed by atoms with Crippen LogP contribution in [-0.2, 0) is 14.2 Å². The summed E-state index contributed by atoms with van der Waals surface area (Å²) in [6.07, 6.45) is -7.96. The molecule has 0 unspecified atom stereocenters. The van der Waals surface area contributed by atoms with E-state index in [1.54, 1.807) is 0 Å². The van der Waals surface area contributed by atoms with Crippen molar-refractivity contribution in [2.45, 2.75) is 42.9 Å². The summed E-state index contributed by atoms with van der Waals surface area (Å²) in [6, 6.07) is 0. The van der Waals surface area contributed by atoms with Crippen LogP contribution in [0, 0.1) is 6.61 Å². The molecule has 0 saturated carbocycles. The van der Waals surface area contributed by atoms with Crippen molar-refractivity contribution < 1.29 is 39.7 Å². The Bertz CT molecular complexity index is 275. The first-order valence-electron chi connectivity index (χ1n) is 5.63. The van der Waals surface area contributed by atoms with Crippen LogP contribution in [0.25, 0.3) is 0 Å². The average molecular weight is 265 g/mol. The SMILES string of the molecule is OC[C@@H]1O[CH][C@H](O)[C@H]1O[C@H]1OC[C@H](O)[C@H](O)[C@H]1O. The van der Waals surface area contributed by atoms with E-state index >= 15 is 0 Å². The van der Waals surface area contributed by atoms with Crippen LogP contribution in [0.2, 0.25) is 0 Å². The average Bonchev–Trinajstić information content (AvgIpc) is 2.71. The molecule has 8 heteroatoms. The minimum atomic E-state index is -1.44.